The van der Waals surface area contributed by atoms with Crippen molar-refractivity contribution in [3.05, 3.63) is 99.5 Å². The third kappa shape index (κ3) is 5.23. The Hall–Kier alpha value is -3.64. The van der Waals surface area contributed by atoms with Gasteiger partial charge in [-0.05, 0) is 66.9 Å². The monoisotopic (exact) mass is 465 g/mol. The van der Waals surface area contributed by atoms with Gasteiger partial charge in [-0.3, -0.25) is 0 Å². The van der Waals surface area contributed by atoms with E-state index >= 15 is 0 Å². The molecule has 7 heteroatoms. The van der Waals surface area contributed by atoms with Gasteiger partial charge in [-0.2, -0.15) is 0 Å². The minimum Gasteiger partial charge on any atom is -0.490 e. The number of carbonyl (C=O) groups excluding carboxylic acids is 1. The maximum absolute atomic E-state index is 13.4. The van der Waals surface area contributed by atoms with Gasteiger partial charge in [0.15, 0.2) is 17.2 Å². The summed E-state index contributed by atoms with van der Waals surface area (Å²) in [7, 11) is 0. The van der Waals surface area contributed by atoms with E-state index in [1.165, 1.54) is 12.1 Å². The molecule has 1 heterocycles. The van der Waals surface area contributed by atoms with Crippen LogP contribution >= 0.6 is 11.6 Å². The summed E-state index contributed by atoms with van der Waals surface area (Å²) < 4.78 is 30.3. The molecular weight excluding hydrogens is 445 g/mol. The first-order valence-electron chi connectivity index (χ1n) is 10.4. The summed E-state index contributed by atoms with van der Waals surface area (Å²) in [4.78, 5) is 16.8. The van der Waals surface area contributed by atoms with Gasteiger partial charge in [0.25, 0.3) is 0 Å². The van der Waals surface area contributed by atoms with Crippen LogP contribution in [0.3, 0.4) is 0 Å². The molecule has 0 saturated heterocycles. The van der Waals surface area contributed by atoms with E-state index in [0.29, 0.717) is 34.3 Å². The zero-order valence-electron chi connectivity index (χ0n) is 18.1. The van der Waals surface area contributed by atoms with Gasteiger partial charge in [0.1, 0.15) is 12.4 Å². The lowest BCUT2D eigenvalue weighted by Gasteiger charge is -2.14. The quantitative estimate of drug-likeness (QED) is 0.312. The molecule has 0 fully saturated rings. The summed E-state index contributed by atoms with van der Waals surface area (Å²) in [6.07, 6.45) is 1.58. The summed E-state index contributed by atoms with van der Waals surface area (Å²) in [6.45, 7) is 4.26. The Labute approximate surface area is 196 Å². The zero-order valence-corrected chi connectivity index (χ0v) is 18.9. The Bertz CT molecular complexity index is 1270. The maximum Gasteiger partial charge on any atom is 0.363 e. The summed E-state index contributed by atoms with van der Waals surface area (Å²) >= 11 is 6.47. The molecule has 0 amide bonds. The Morgan fingerprint density at radius 3 is 2.67 bits per heavy atom. The predicted octanol–water partition coefficient (Wildman–Crippen LogP) is 6.11. The molecule has 0 N–H and O–H groups in total. The molecule has 0 bridgehead atoms. The van der Waals surface area contributed by atoms with E-state index in [1.54, 1.807) is 30.3 Å². The van der Waals surface area contributed by atoms with Crippen LogP contribution < -0.4 is 9.47 Å². The van der Waals surface area contributed by atoms with E-state index in [1.807, 2.05) is 38.1 Å². The van der Waals surface area contributed by atoms with Crippen LogP contribution in [0.25, 0.3) is 6.08 Å². The summed E-state index contributed by atoms with van der Waals surface area (Å²) in [5.41, 5.74) is 3.12. The molecule has 0 aliphatic carbocycles. The highest BCUT2D eigenvalue weighted by atomic mass is 35.5. The Morgan fingerprint density at radius 2 is 1.91 bits per heavy atom. The highest BCUT2D eigenvalue weighted by molar-refractivity contribution is 6.32. The van der Waals surface area contributed by atoms with Crippen LogP contribution in [-0.4, -0.2) is 18.5 Å². The van der Waals surface area contributed by atoms with Gasteiger partial charge in [-0.25, -0.2) is 14.2 Å². The molecule has 33 heavy (non-hydrogen) atoms. The number of carbonyl (C=O) groups is 1. The van der Waals surface area contributed by atoms with Crippen LogP contribution in [0.15, 0.2) is 71.4 Å². The number of hydrogen-bond acceptors (Lipinski definition) is 5. The Kier molecular flexibility index (Phi) is 6.75. The van der Waals surface area contributed by atoms with E-state index in [2.05, 4.69) is 4.99 Å². The van der Waals surface area contributed by atoms with E-state index in [4.69, 9.17) is 25.8 Å². The zero-order chi connectivity index (χ0) is 23.4. The van der Waals surface area contributed by atoms with E-state index in [9.17, 15) is 9.18 Å². The standard InChI is InChI=1S/C26H21ClFNO4/c1-3-31-23-14-18(12-21(27)24(23)32-15-17-8-6-9-19(28)11-17)13-22-26(30)33-25(29-22)20-10-5-4-7-16(20)2/h4-14H,3,15H2,1-2H3/b22-13-. The third-order valence-electron chi connectivity index (χ3n) is 4.90. The number of aliphatic imine (C=N–C) groups is 1. The van der Waals surface area contributed by atoms with E-state index in [-0.39, 0.29) is 24.0 Å². The summed E-state index contributed by atoms with van der Waals surface area (Å²) in [6, 6.07) is 17.0. The number of halogens is 2. The number of rotatable bonds is 7. The minimum absolute atomic E-state index is 0.119. The molecule has 3 aromatic rings. The van der Waals surface area contributed by atoms with E-state index in [0.717, 1.165) is 11.1 Å². The van der Waals surface area contributed by atoms with Crippen molar-refractivity contribution in [1.82, 2.24) is 0 Å². The van der Waals surface area contributed by atoms with Gasteiger partial charge in [-0.1, -0.05) is 41.9 Å². The molecular formula is C26H21ClFNO4. The fourth-order valence-electron chi connectivity index (χ4n) is 3.35. The van der Waals surface area contributed by atoms with Gasteiger partial charge >= 0.3 is 5.97 Å². The predicted molar refractivity (Wildman–Crippen MR) is 125 cm³/mol. The van der Waals surface area contributed by atoms with Crippen LogP contribution in [0.2, 0.25) is 5.02 Å². The number of ether oxygens (including phenoxy) is 3. The molecule has 0 spiro atoms. The van der Waals surface area contributed by atoms with Crippen molar-refractivity contribution in [2.45, 2.75) is 20.5 Å². The van der Waals surface area contributed by atoms with Gasteiger partial charge in [0.05, 0.1) is 11.6 Å². The second-order valence-electron chi connectivity index (χ2n) is 7.33. The van der Waals surface area contributed by atoms with Crippen molar-refractivity contribution >= 4 is 29.5 Å². The molecule has 0 unspecified atom stereocenters. The summed E-state index contributed by atoms with van der Waals surface area (Å²) in [5.74, 6) is 0.110. The number of benzene rings is 3. The van der Waals surface area contributed by atoms with Gasteiger partial charge in [0, 0.05) is 5.56 Å². The molecule has 3 aromatic carbocycles. The lowest BCUT2D eigenvalue weighted by atomic mass is 10.1. The van der Waals surface area contributed by atoms with Crippen LogP contribution in [0.1, 0.15) is 29.2 Å². The molecule has 0 atom stereocenters. The lowest BCUT2D eigenvalue weighted by molar-refractivity contribution is -0.129. The van der Waals surface area contributed by atoms with Crippen molar-refractivity contribution in [2.24, 2.45) is 4.99 Å². The Morgan fingerprint density at radius 1 is 1.09 bits per heavy atom. The number of aryl methyl sites for hydroxylation is 1. The SMILES string of the molecule is CCOc1cc(/C=C2\N=C(c3ccccc3C)OC2=O)cc(Cl)c1OCc1cccc(F)c1. The smallest absolute Gasteiger partial charge is 0.363 e. The second-order valence-corrected chi connectivity index (χ2v) is 7.74. The average molecular weight is 466 g/mol. The van der Waals surface area contributed by atoms with Crippen LogP contribution in [0, 0.1) is 12.7 Å². The molecule has 0 saturated carbocycles. The van der Waals surface area contributed by atoms with Crippen molar-refractivity contribution < 1.29 is 23.4 Å². The molecule has 1 aliphatic heterocycles. The molecule has 1 aliphatic rings. The minimum atomic E-state index is -0.547. The van der Waals surface area contributed by atoms with Crippen molar-refractivity contribution in [2.75, 3.05) is 6.61 Å². The fourth-order valence-corrected chi connectivity index (χ4v) is 3.63. The van der Waals surface area contributed by atoms with Crippen molar-refractivity contribution in [3.63, 3.8) is 0 Å². The second kappa shape index (κ2) is 9.88. The van der Waals surface area contributed by atoms with Gasteiger partial charge < -0.3 is 14.2 Å². The van der Waals surface area contributed by atoms with Crippen molar-refractivity contribution in [3.8, 4) is 11.5 Å². The highest BCUT2D eigenvalue weighted by Gasteiger charge is 2.25. The fraction of sp³-hybridized carbons (Fsp3) is 0.154. The first-order valence-corrected chi connectivity index (χ1v) is 10.7. The van der Waals surface area contributed by atoms with Gasteiger partial charge in [0.2, 0.25) is 5.90 Å². The lowest BCUT2D eigenvalue weighted by Crippen LogP contribution is -2.06. The Balaban J connectivity index is 1.62. The molecule has 0 aromatic heterocycles. The molecule has 5 nitrogen and oxygen atoms in total. The van der Waals surface area contributed by atoms with E-state index < -0.39 is 5.97 Å². The number of hydrogen-bond donors (Lipinski definition) is 0. The molecule has 4 rings (SSSR count). The van der Waals surface area contributed by atoms with Crippen molar-refractivity contribution in [1.29, 1.82) is 0 Å². The van der Waals surface area contributed by atoms with Crippen LogP contribution in [0.5, 0.6) is 11.5 Å². The van der Waals surface area contributed by atoms with Crippen LogP contribution in [0.4, 0.5) is 4.39 Å². The van der Waals surface area contributed by atoms with Crippen LogP contribution in [-0.2, 0) is 16.1 Å². The first kappa shape index (κ1) is 22.6. The van der Waals surface area contributed by atoms with Gasteiger partial charge in [-0.15, -0.1) is 0 Å². The normalized spacial score (nSPS) is 14.2. The highest BCUT2D eigenvalue weighted by Crippen LogP contribution is 2.38. The third-order valence-corrected chi connectivity index (χ3v) is 5.18. The molecule has 168 valence electrons. The molecule has 0 radical (unpaired) electrons. The maximum atomic E-state index is 13.4. The number of cyclic esters (lactones) is 1. The largest absolute Gasteiger partial charge is 0.490 e. The summed E-state index contributed by atoms with van der Waals surface area (Å²) in [5, 5.41) is 0.290. The number of esters is 1. The topological polar surface area (TPSA) is 57.1 Å². The average Bonchev–Trinajstić information content (AvgIpc) is 3.13. The first-order chi connectivity index (χ1) is 15.9. The number of nitrogens with zero attached hydrogens (tertiary/aromatic N) is 1.